The highest BCUT2D eigenvalue weighted by Gasteiger charge is 2.25. The number of hydrogen-bond acceptors (Lipinski definition) is 2. The molecule has 0 bridgehead atoms. The predicted molar refractivity (Wildman–Crippen MR) is 89.1 cm³/mol. The van der Waals surface area contributed by atoms with Crippen LogP contribution in [-0.2, 0) is 13.0 Å². The molecule has 0 saturated heterocycles. The van der Waals surface area contributed by atoms with Gasteiger partial charge in [0.05, 0.1) is 12.2 Å². The summed E-state index contributed by atoms with van der Waals surface area (Å²) < 4.78 is 0. The van der Waals surface area contributed by atoms with Gasteiger partial charge in [-0.15, -0.1) is 0 Å². The number of ketones is 2. The minimum Gasteiger partial charge on any atom is -0.355 e. The van der Waals surface area contributed by atoms with E-state index < -0.39 is 0 Å². The molecule has 2 N–H and O–H groups in total. The third-order valence-corrected chi connectivity index (χ3v) is 4.79. The molecule has 0 aliphatic carbocycles. The highest BCUT2D eigenvalue weighted by Crippen LogP contribution is 2.18. The van der Waals surface area contributed by atoms with Gasteiger partial charge in [0, 0.05) is 23.2 Å². The number of Topliss-reactive ketones (excluding diaryl/α,β-unsaturated/α-hetero) is 2. The zero-order chi connectivity index (χ0) is 16.6. The van der Waals surface area contributed by atoms with Crippen molar-refractivity contribution in [1.29, 1.82) is 0 Å². The van der Waals surface area contributed by atoms with Crippen LogP contribution in [0.2, 0.25) is 0 Å². The van der Waals surface area contributed by atoms with E-state index in [2.05, 4.69) is 29.2 Å². The van der Waals surface area contributed by atoms with Crippen LogP contribution in [0.4, 0.5) is 0 Å². The second-order valence-electron chi connectivity index (χ2n) is 6.48. The van der Waals surface area contributed by atoms with Crippen LogP contribution in [-0.4, -0.2) is 29.6 Å². The van der Waals surface area contributed by atoms with Crippen LogP contribution in [0.25, 0.3) is 0 Å². The van der Waals surface area contributed by atoms with E-state index in [-0.39, 0.29) is 11.6 Å². The molecule has 120 valence electrons. The first-order chi connectivity index (χ1) is 11.0. The quantitative estimate of drug-likeness (QED) is 0.844. The Morgan fingerprint density at radius 2 is 1.87 bits per heavy atom. The summed E-state index contributed by atoms with van der Waals surface area (Å²) in [5.74, 6) is 0.0991. The lowest BCUT2D eigenvalue weighted by atomic mass is 9.99. The number of aromatic amines is 1. The summed E-state index contributed by atoms with van der Waals surface area (Å²) in [7, 11) is 0. The molecule has 1 aromatic carbocycles. The molecule has 0 fully saturated rings. The summed E-state index contributed by atoms with van der Waals surface area (Å²) in [6, 6.07) is 8.45. The number of fused-ring (bicyclic) bond motifs is 1. The lowest BCUT2D eigenvalue weighted by Crippen LogP contribution is -3.12. The molecule has 0 spiro atoms. The van der Waals surface area contributed by atoms with Crippen LogP contribution in [0.15, 0.2) is 24.3 Å². The Bertz CT molecular complexity index is 774. The molecular weight excluding hydrogens is 288 g/mol. The Hall–Kier alpha value is -2.20. The maximum atomic E-state index is 12.7. The predicted octanol–water partition coefficient (Wildman–Crippen LogP) is 1.66. The molecule has 23 heavy (non-hydrogen) atoms. The number of carbonyl (C=O) groups excluding carboxylic acids is 2. The average Bonchev–Trinajstić information content (AvgIpc) is 2.82. The summed E-state index contributed by atoms with van der Waals surface area (Å²) >= 11 is 0. The van der Waals surface area contributed by atoms with Gasteiger partial charge in [0.1, 0.15) is 13.1 Å². The normalized spacial score (nSPS) is 16.9. The third kappa shape index (κ3) is 2.99. The van der Waals surface area contributed by atoms with Crippen LogP contribution in [0, 0.1) is 13.8 Å². The van der Waals surface area contributed by atoms with Crippen LogP contribution in [0.5, 0.6) is 0 Å². The minimum absolute atomic E-state index is 0.00884. The van der Waals surface area contributed by atoms with Crippen molar-refractivity contribution in [2.24, 2.45) is 0 Å². The number of aromatic nitrogens is 1. The largest absolute Gasteiger partial charge is 0.355 e. The van der Waals surface area contributed by atoms with Gasteiger partial charge < -0.3 is 9.88 Å². The average molecular weight is 311 g/mol. The first-order valence-corrected chi connectivity index (χ1v) is 8.11. The monoisotopic (exact) mass is 311 g/mol. The first-order valence-electron chi connectivity index (χ1n) is 8.11. The second-order valence-corrected chi connectivity index (χ2v) is 6.48. The van der Waals surface area contributed by atoms with Gasteiger partial charge in [-0.05, 0) is 31.9 Å². The number of rotatable bonds is 4. The van der Waals surface area contributed by atoms with Gasteiger partial charge in [0.2, 0.25) is 5.78 Å². The number of nitrogens with one attached hydrogen (secondary N) is 2. The van der Waals surface area contributed by atoms with E-state index >= 15 is 0 Å². The Kier molecular flexibility index (Phi) is 4.18. The van der Waals surface area contributed by atoms with Gasteiger partial charge in [-0.2, -0.15) is 0 Å². The zero-order valence-corrected chi connectivity index (χ0v) is 14.0. The van der Waals surface area contributed by atoms with Gasteiger partial charge in [0.25, 0.3) is 0 Å². The molecule has 1 aliphatic rings. The minimum atomic E-state index is 0.00884. The maximum absolute atomic E-state index is 12.7. The summed E-state index contributed by atoms with van der Waals surface area (Å²) in [5.41, 5.74) is 5.57. The van der Waals surface area contributed by atoms with Crippen molar-refractivity contribution in [3.05, 3.63) is 57.9 Å². The Labute approximate surface area is 136 Å². The molecule has 4 heteroatoms. The third-order valence-electron chi connectivity index (χ3n) is 4.79. The summed E-state index contributed by atoms with van der Waals surface area (Å²) in [6.07, 6.45) is 1.01. The molecule has 0 radical (unpaired) electrons. The molecule has 0 saturated carbocycles. The molecule has 2 heterocycles. The van der Waals surface area contributed by atoms with E-state index in [1.165, 1.54) is 16.0 Å². The maximum Gasteiger partial charge on any atom is 0.233 e. The number of quaternary nitrogens is 1. The number of carbonyl (C=O) groups is 2. The van der Waals surface area contributed by atoms with Crippen molar-refractivity contribution in [3.8, 4) is 0 Å². The molecule has 3 rings (SSSR count). The number of H-pyrrole nitrogens is 1. The molecule has 1 aliphatic heterocycles. The van der Waals surface area contributed by atoms with E-state index in [4.69, 9.17) is 0 Å². The topological polar surface area (TPSA) is 54.4 Å². The highest BCUT2D eigenvalue weighted by molar-refractivity contribution is 6.03. The molecule has 2 aromatic rings. The zero-order valence-electron chi connectivity index (χ0n) is 14.0. The Balaban J connectivity index is 1.76. The van der Waals surface area contributed by atoms with E-state index in [0.717, 1.165) is 30.8 Å². The SMILES string of the molecule is CC(=O)c1c(C)[nH]c(C(=O)C[NH+]2CCc3ccccc3C2)c1C. The fourth-order valence-electron chi connectivity index (χ4n) is 3.67. The molecule has 1 atom stereocenters. The Morgan fingerprint density at radius 1 is 1.17 bits per heavy atom. The van der Waals surface area contributed by atoms with Crippen molar-refractivity contribution >= 4 is 11.6 Å². The molecular formula is C19H23N2O2+. The van der Waals surface area contributed by atoms with Crippen molar-refractivity contribution in [1.82, 2.24) is 4.98 Å². The molecule has 1 aromatic heterocycles. The second kappa shape index (κ2) is 6.13. The van der Waals surface area contributed by atoms with E-state index in [9.17, 15) is 9.59 Å². The lowest BCUT2D eigenvalue weighted by molar-refractivity contribution is -0.907. The molecule has 4 nitrogen and oxygen atoms in total. The van der Waals surface area contributed by atoms with Gasteiger partial charge in [-0.3, -0.25) is 9.59 Å². The van der Waals surface area contributed by atoms with Crippen LogP contribution < -0.4 is 4.90 Å². The number of hydrogen-bond donors (Lipinski definition) is 2. The fourth-order valence-corrected chi connectivity index (χ4v) is 3.67. The van der Waals surface area contributed by atoms with Crippen LogP contribution in [0.3, 0.4) is 0 Å². The summed E-state index contributed by atoms with van der Waals surface area (Å²) in [5, 5.41) is 0. The summed E-state index contributed by atoms with van der Waals surface area (Å²) in [4.78, 5) is 28.8. The standard InChI is InChI=1S/C19H22N2O2/c1-12-18(14(3)22)13(2)20-19(12)17(23)11-21-9-8-15-6-4-5-7-16(15)10-21/h4-7,20H,8-11H2,1-3H3/p+1. The van der Waals surface area contributed by atoms with Crippen molar-refractivity contribution in [2.45, 2.75) is 33.7 Å². The fraction of sp³-hybridized carbons (Fsp3) is 0.368. The van der Waals surface area contributed by atoms with Crippen molar-refractivity contribution < 1.29 is 14.5 Å². The number of aryl methyl sites for hydroxylation is 1. The summed E-state index contributed by atoms with van der Waals surface area (Å²) in [6.45, 7) is 7.58. The first kappa shape index (κ1) is 15.7. The van der Waals surface area contributed by atoms with Crippen LogP contribution in [0.1, 0.15) is 50.2 Å². The molecule has 0 amide bonds. The van der Waals surface area contributed by atoms with Gasteiger partial charge in [-0.25, -0.2) is 0 Å². The number of benzene rings is 1. The Morgan fingerprint density at radius 3 is 2.52 bits per heavy atom. The van der Waals surface area contributed by atoms with Gasteiger partial charge in [-0.1, -0.05) is 24.3 Å². The van der Waals surface area contributed by atoms with E-state index in [1.807, 2.05) is 13.8 Å². The van der Waals surface area contributed by atoms with E-state index in [1.54, 1.807) is 6.92 Å². The van der Waals surface area contributed by atoms with Crippen molar-refractivity contribution in [2.75, 3.05) is 13.1 Å². The van der Waals surface area contributed by atoms with Gasteiger partial charge in [0.15, 0.2) is 5.78 Å². The smallest absolute Gasteiger partial charge is 0.233 e. The van der Waals surface area contributed by atoms with Gasteiger partial charge >= 0.3 is 0 Å². The van der Waals surface area contributed by atoms with Crippen LogP contribution >= 0.6 is 0 Å². The lowest BCUT2D eigenvalue weighted by Gasteiger charge is -2.25. The van der Waals surface area contributed by atoms with Crippen molar-refractivity contribution in [3.63, 3.8) is 0 Å². The molecule has 1 unspecified atom stereocenters. The van der Waals surface area contributed by atoms with E-state index in [0.29, 0.717) is 17.8 Å². The highest BCUT2D eigenvalue weighted by atomic mass is 16.1.